The van der Waals surface area contributed by atoms with E-state index in [4.69, 9.17) is 5.26 Å². The van der Waals surface area contributed by atoms with Crippen molar-refractivity contribution in [3.63, 3.8) is 0 Å². The summed E-state index contributed by atoms with van der Waals surface area (Å²) in [5, 5.41) is 11.9. The van der Waals surface area contributed by atoms with Crippen LogP contribution in [0.25, 0.3) is 0 Å². The van der Waals surface area contributed by atoms with Crippen LogP contribution in [0.2, 0.25) is 0 Å². The number of rotatable bonds is 4. The average Bonchev–Trinajstić information content (AvgIpc) is 3.01. The summed E-state index contributed by atoms with van der Waals surface area (Å²) in [6.07, 6.45) is -3.63. The Kier molecular flexibility index (Phi) is 5.04. The van der Waals surface area contributed by atoms with Crippen molar-refractivity contribution in [3.8, 4) is 6.07 Å². The molecule has 138 valence electrons. The van der Waals surface area contributed by atoms with Crippen molar-refractivity contribution in [2.45, 2.75) is 31.9 Å². The van der Waals surface area contributed by atoms with E-state index in [-0.39, 0.29) is 11.7 Å². The predicted octanol–water partition coefficient (Wildman–Crippen LogP) is 5.41. The van der Waals surface area contributed by atoms with E-state index in [1.54, 1.807) is 30.3 Å². The molecule has 0 saturated heterocycles. The number of carbonyl (C=O) groups is 1. The average molecular weight is 370 g/mol. The number of halogens is 3. The second kappa shape index (κ2) is 7.28. The van der Waals surface area contributed by atoms with E-state index in [1.807, 2.05) is 13.0 Å². The Bertz CT molecular complexity index is 937. The number of nitrogens with one attached hydrogen (secondary N) is 1. The quantitative estimate of drug-likeness (QED) is 0.783. The van der Waals surface area contributed by atoms with Crippen molar-refractivity contribution in [3.05, 3.63) is 76.5 Å². The Morgan fingerprint density at radius 2 is 1.81 bits per heavy atom. The Morgan fingerprint density at radius 3 is 2.44 bits per heavy atom. The number of ketones is 1. The minimum absolute atomic E-state index is 0.0127. The summed E-state index contributed by atoms with van der Waals surface area (Å²) in [5.41, 5.74) is 2.20. The number of carbonyl (C=O) groups excluding carboxylic acids is 1. The lowest BCUT2D eigenvalue weighted by Crippen LogP contribution is -2.10. The first-order valence-corrected chi connectivity index (χ1v) is 8.50. The third-order valence-corrected chi connectivity index (χ3v) is 4.69. The normalized spacial score (nSPS) is 15.6. The smallest absolute Gasteiger partial charge is 0.359 e. The van der Waals surface area contributed by atoms with Gasteiger partial charge in [-0.2, -0.15) is 18.4 Å². The zero-order chi connectivity index (χ0) is 19.6. The Labute approximate surface area is 155 Å². The van der Waals surface area contributed by atoms with Gasteiger partial charge in [-0.1, -0.05) is 25.1 Å². The molecule has 1 N–H and O–H groups in total. The molecular weight excluding hydrogens is 353 g/mol. The molecule has 1 atom stereocenters. The molecule has 3 nitrogen and oxygen atoms in total. The van der Waals surface area contributed by atoms with Gasteiger partial charge in [0.05, 0.1) is 17.2 Å². The largest absolute Gasteiger partial charge is 0.416 e. The molecule has 0 aromatic heterocycles. The maximum atomic E-state index is 12.9. The van der Waals surface area contributed by atoms with Gasteiger partial charge in [-0.05, 0) is 42.3 Å². The number of benzene rings is 2. The van der Waals surface area contributed by atoms with Crippen LogP contribution in [0, 0.1) is 11.3 Å². The van der Waals surface area contributed by atoms with Crippen molar-refractivity contribution < 1.29 is 18.0 Å². The predicted molar refractivity (Wildman–Crippen MR) is 95.9 cm³/mol. The lowest BCUT2D eigenvalue weighted by Gasteiger charge is -2.17. The molecular formula is C21H17F3N2O. The molecule has 0 saturated carbocycles. The molecule has 6 heteroatoms. The lowest BCUT2D eigenvalue weighted by molar-refractivity contribution is -0.137. The van der Waals surface area contributed by atoms with Crippen LogP contribution in [-0.2, 0) is 11.0 Å². The maximum absolute atomic E-state index is 12.9. The van der Waals surface area contributed by atoms with Gasteiger partial charge in [-0.25, -0.2) is 0 Å². The fraction of sp³-hybridized carbons (Fsp3) is 0.238. The van der Waals surface area contributed by atoms with Gasteiger partial charge in [-0.3, -0.25) is 4.79 Å². The molecule has 0 radical (unpaired) electrons. The molecule has 0 spiro atoms. The second-order valence-corrected chi connectivity index (χ2v) is 6.47. The van der Waals surface area contributed by atoms with Gasteiger partial charge in [-0.15, -0.1) is 0 Å². The van der Waals surface area contributed by atoms with E-state index in [2.05, 4.69) is 5.32 Å². The standard InChI is InChI=1S/C21H17F3N2O/c1-13(15-7-5-14(12-25)6-8-15)20-18(9-10-19(20)27)26-17-4-2-3-16(11-17)21(22,23)24/h2-8,11,13,26H,9-10H2,1H3. The summed E-state index contributed by atoms with van der Waals surface area (Å²) in [4.78, 5) is 12.4. The molecule has 0 fully saturated rings. The summed E-state index contributed by atoms with van der Waals surface area (Å²) in [7, 11) is 0. The highest BCUT2D eigenvalue weighted by molar-refractivity contribution is 6.00. The van der Waals surface area contributed by atoms with Crippen LogP contribution in [0.3, 0.4) is 0 Å². The minimum Gasteiger partial charge on any atom is -0.359 e. The third-order valence-electron chi connectivity index (χ3n) is 4.69. The number of hydrogen-bond acceptors (Lipinski definition) is 3. The summed E-state index contributed by atoms with van der Waals surface area (Å²) >= 11 is 0. The molecule has 2 aromatic rings. The Hall–Kier alpha value is -3.07. The Balaban J connectivity index is 1.91. The van der Waals surface area contributed by atoms with Gasteiger partial charge in [0.15, 0.2) is 5.78 Å². The molecule has 0 heterocycles. The molecule has 3 rings (SSSR count). The second-order valence-electron chi connectivity index (χ2n) is 6.47. The van der Waals surface area contributed by atoms with Gasteiger partial charge in [0, 0.05) is 29.3 Å². The first kappa shape index (κ1) is 18.7. The molecule has 27 heavy (non-hydrogen) atoms. The zero-order valence-electron chi connectivity index (χ0n) is 14.6. The van der Waals surface area contributed by atoms with Gasteiger partial charge in [0.25, 0.3) is 0 Å². The first-order chi connectivity index (χ1) is 12.8. The van der Waals surface area contributed by atoms with Crippen molar-refractivity contribution in [2.24, 2.45) is 0 Å². The van der Waals surface area contributed by atoms with Crippen molar-refractivity contribution in [2.75, 3.05) is 5.32 Å². The van der Waals surface area contributed by atoms with Crippen LogP contribution in [0.1, 0.15) is 42.4 Å². The number of anilines is 1. The molecule has 0 bridgehead atoms. The van der Waals surface area contributed by atoms with Crippen molar-refractivity contribution >= 4 is 11.5 Å². The van der Waals surface area contributed by atoms with E-state index in [0.717, 1.165) is 17.7 Å². The summed E-state index contributed by atoms with van der Waals surface area (Å²) in [5.74, 6) is -0.234. The van der Waals surface area contributed by atoms with E-state index in [0.29, 0.717) is 35.4 Å². The molecule has 0 amide bonds. The van der Waals surface area contributed by atoms with Gasteiger partial charge in [0.2, 0.25) is 0 Å². The third kappa shape index (κ3) is 4.03. The number of nitrogens with zero attached hydrogens (tertiary/aromatic N) is 1. The van der Waals surface area contributed by atoms with Gasteiger partial charge >= 0.3 is 6.18 Å². The SMILES string of the molecule is CC(C1=C(Nc2cccc(C(F)(F)F)c2)CCC1=O)c1ccc(C#N)cc1. The lowest BCUT2D eigenvalue weighted by atomic mass is 9.90. The molecule has 2 aromatic carbocycles. The van der Waals surface area contributed by atoms with E-state index in [9.17, 15) is 18.0 Å². The highest BCUT2D eigenvalue weighted by Gasteiger charge is 2.31. The van der Waals surface area contributed by atoms with Crippen LogP contribution in [0.4, 0.5) is 18.9 Å². The van der Waals surface area contributed by atoms with Gasteiger partial charge < -0.3 is 5.32 Å². The van der Waals surface area contributed by atoms with E-state index in [1.165, 1.54) is 6.07 Å². The van der Waals surface area contributed by atoms with Crippen LogP contribution in [-0.4, -0.2) is 5.78 Å². The topological polar surface area (TPSA) is 52.9 Å². The van der Waals surface area contributed by atoms with Gasteiger partial charge in [0.1, 0.15) is 0 Å². The number of allylic oxidation sites excluding steroid dienone is 2. The van der Waals surface area contributed by atoms with Crippen molar-refractivity contribution in [1.82, 2.24) is 0 Å². The Morgan fingerprint density at radius 1 is 1.11 bits per heavy atom. The fourth-order valence-electron chi connectivity index (χ4n) is 3.27. The highest BCUT2D eigenvalue weighted by Crippen LogP contribution is 2.36. The molecule has 1 aliphatic rings. The van der Waals surface area contributed by atoms with E-state index >= 15 is 0 Å². The fourth-order valence-corrected chi connectivity index (χ4v) is 3.27. The number of Topliss-reactive ketones (excluding diaryl/α,β-unsaturated/α-hetero) is 1. The summed E-state index contributed by atoms with van der Waals surface area (Å²) in [6.45, 7) is 1.88. The number of nitriles is 1. The molecule has 1 aliphatic carbocycles. The van der Waals surface area contributed by atoms with Crippen LogP contribution >= 0.6 is 0 Å². The first-order valence-electron chi connectivity index (χ1n) is 8.50. The minimum atomic E-state index is -4.42. The number of alkyl halides is 3. The zero-order valence-corrected chi connectivity index (χ0v) is 14.6. The summed E-state index contributed by atoms with van der Waals surface area (Å²) < 4.78 is 38.7. The summed E-state index contributed by atoms with van der Waals surface area (Å²) in [6, 6.07) is 14.0. The van der Waals surface area contributed by atoms with Crippen LogP contribution in [0.5, 0.6) is 0 Å². The van der Waals surface area contributed by atoms with Crippen molar-refractivity contribution in [1.29, 1.82) is 5.26 Å². The maximum Gasteiger partial charge on any atom is 0.416 e. The number of hydrogen-bond donors (Lipinski definition) is 1. The molecule has 1 unspecified atom stereocenters. The monoisotopic (exact) mass is 370 g/mol. The van der Waals surface area contributed by atoms with E-state index < -0.39 is 11.7 Å². The van der Waals surface area contributed by atoms with Crippen LogP contribution < -0.4 is 5.32 Å². The van der Waals surface area contributed by atoms with Crippen LogP contribution in [0.15, 0.2) is 59.8 Å². The molecule has 0 aliphatic heterocycles. The highest BCUT2D eigenvalue weighted by atomic mass is 19.4.